The second kappa shape index (κ2) is 18.5. The minimum Gasteiger partial charge on any atom is -0.454 e. The summed E-state index contributed by atoms with van der Waals surface area (Å²) in [7, 11) is -3.71. The number of hydrogen-bond donors (Lipinski definition) is 0. The molecule has 2 aromatic heterocycles. The van der Waals surface area contributed by atoms with E-state index in [1.807, 2.05) is 0 Å². The van der Waals surface area contributed by atoms with Gasteiger partial charge in [-0.05, 0) is 102 Å². The van der Waals surface area contributed by atoms with Crippen LogP contribution in [0.2, 0.25) is 0 Å². The highest BCUT2D eigenvalue weighted by Crippen LogP contribution is 2.61. The summed E-state index contributed by atoms with van der Waals surface area (Å²) in [6.07, 6.45) is 0. The van der Waals surface area contributed by atoms with Gasteiger partial charge in [0.25, 0.3) is 16.0 Å². The van der Waals surface area contributed by atoms with Gasteiger partial charge in [0.05, 0.1) is 0 Å². The van der Waals surface area contributed by atoms with E-state index in [1.54, 1.807) is 0 Å². The van der Waals surface area contributed by atoms with Crippen LogP contribution in [0.4, 0.5) is 0 Å². The Morgan fingerprint density at radius 1 is 0.308 bits per heavy atom. The van der Waals surface area contributed by atoms with E-state index in [-0.39, 0.29) is 43.3 Å². The van der Waals surface area contributed by atoms with Crippen molar-refractivity contribution in [3.05, 3.63) is 141 Å². The van der Waals surface area contributed by atoms with Crippen molar-refractivity contribution in [2.24, 2.45) is 0 Å². The van der Waals surface area contributed by atoms with E-state index in [4.69, 9.17) is 21.5 Å². The number of fused-ring (bicyclic) bond motifs is 8. The molecule has 3 heterocycles. The summed E-state index contributed by atoms with van der Waals surface area (Å²) in [5.41, 5.74) is 13.3. The first-order valence-electron chi connectivity index (χ1n) is 28.5. The molecule has 0 atom stereocenters. The summed E-state index contributed by atoms with van der Waals surface area (Å²) in [5.74, 6) is 1.51. The molecule has 0 fully saturated rings. The minimum absolute atomic E-state index is 0.117. The van der Waals surface area contributed by atoms with Crippen LogP contribution in [0, 0.1) is 0 Å². The molecule has 0 N–H and O–H groups in total. The lowest BCUT2D eigenvalue weighted by molar-refractivity contribution is 0.422. The summed E-state index contributed by atoms with van der Waals surface area (Å²) in [6, 6.07) is 32.1. The Morgan fingerprint density at radius 2 is 0.538 bits per heavy atom. The molecule has 8 aromatic rings. The number of benzene rings is 6. The zero-order chi connectivity index (χ0) is 57.8. The van der Waals surface area contributed by atoms with Crippen molar-refractivity contribution in [1.29, 1.82) is 0 Å². The lowest BCUT2D eigenvalue weighted by Gasteiger charge is -2.35. The van der Waals surface area contributed by atoms with Gasteiger partial charge in [0, 0.05) is 60.3 Å². The predicted molar refractivity (Wildman–Crippen MR) is 337 cm³/mol. The van der Waals surface area contributed by atoms with Gasteiger partial charge in [-0.2, -0.15) is 0 Å². The van der Waals surface area contributed by atoms with E-state index in [9.17, 15) is 0 Å². The molecule has 0 radical (unpaired) electrons. The van der Waals surface area contributed by atoms with Crippen molar-refractivity contribution in [2.45, 2.75) is 229 Å². The van der Waals surface area contributed by atoms with Gasteiger partial charge >= 0.3 is 0 Å². The third kappa shape index (κ3) is 10.4. The van der Waals surface area contributed by atoms with Gasteiger partial charge in [-0.25, -0.2) is 0 Å². The molecule has 0 amide bonds. The van der Waals surface area contributed by atoms with Crippen molar-refractivity contribution >= 4 is 59.9 Å². The fraction of sp³-hybridized carbons (Fsp3) is 0.493. The average Bonchev–Trinajstić information content (AvgIpc) is 3.55. The highest BCUT2D eigenvalue weighted by molar-refractivity contribution is 7.46. The SMILES string of the molecule is CC(C)(C)c1cc(C(C)(C)C)c2op(-c3cccc4c3Oc3c(-p5oc6c(C(C)(C)C)cc(C(C)(C)C)cc6c6cc(C(C)(C)C)cc(C(C)(C)C)c6o5)cccc3C4(C)C)oc3c(C(C)(C)C)cc(C(C)(C)C)cc3c2c1. The zero-order valence-electron chi connectivity index (χ0n) is 52.5. The molecule has 1 aliphatic heterocycles. The standard InChI is InChI=1S/C71H92O5P2/c1-63(2,3)41-33-45-46-34-42(64(4,5)6)38-52(68(16,17)18)58(46)74-77(73-57(45)51(37-41)67(13,14)15)55-31-27-29-49-61(55)72-62-50(71(49,25)26)30-28-32-56(62)78-75-59-47(35-43(65(7,8)9)39-53(59)69(19,20)21)48-36-44(66(10,11)12)40-54(60(48)76-78)70(22,23)24/h27-40H,1-26H3. The molecule has 0 saturated heterocycles. The third-order valence-electron chi connectivity index (χ3n) is 16.3. The van der Waals surface area contributed by atoms with Crippen LogP contribution in [-0.4, -0.2) is 0 Å². The molecule has 5 nitrogen and oxygen atoms in total. The van der Waals surface area contributed by atoms with E-state index in [0.717, 1.165) is 99.4 Å². The smallest absolute Gasteiger partial charge is 0.256 e. The molecule has 78 heavy (non-hydrogen) atoms. The summed E-state index contributed by atoms with van der Waals surface area (Å²) in [4.78, 5) is 0. The van der Waals surface area contributed by atoms with Crippen LogP contribution in [0.15, 0.2) is 102 Å². The molecular weight excluding hydrogens is 995 g/mol. The second-order valence-electron chi connectivity index (χ2n) is 31.5. The Balaban J connectivity index is 1.43. The molecule has 1 aliphatic rings. The van der Waals surface area contributed by atoms with E-state index in [2.05, 4.69) is 265 Å². The molecule has 416 valence electrons. The number of ether oxygens (including phenoxy) is 1. The van der Waals surface area contributed by atoms with Crippen LogP contribution < -0.4 is 4.74 Å². The van der Waals surface area contributed by atoms with Crippen LogP contribution in [0.25, 0.3) is 54.5 Å². The van der Waals surface area contributed by atoms with E-state index >= 15 is 0 Å². The van der Waals surface area contributed by atoms with Crippen LogP contribution in [0.1, 0.15) is 236 Å². The molecule has 9 rings (SSSR count). The quantitative estimate of drug-likeness (QED) is 0.173. The van der Waals surface area contributed by atoms with Crippen molar-refractivity contribution in [3.8, 4) is 22.1 Å². The first-order valence-corrected chi connectivity index (χ1v) is 30.9. The number of hydrogen-bond acceptors (Lipinski definition) is 5. The maximum Gasteiger partial charge on any atom is 0.256 e. The summed E-state index contributed by atoms with van der Waals surface area (Å²) >= 11 is 0. The van der Waals surface area contributed by atoms with E-state index in [1.165, 1.54) is 22.3 Å². The normalized spacial score (nSPS) is 14.7. The molecule has 7 heteroatoms. The van der Waals surface area contributed by atoms with Crippen molar-refractivity contribution in [2.75, 3.05) is 0 Å². The third-order valence-corrected chi connectivity index (χ3v) is 19.1. The van der Waals surface area contributed by atoms with E-state index < -0.39 is 21.4 Å². The molecule has 0 bridgehead atoms. The predicted octanol–water partition coefficient (Wildman–Crippen LogP) is 23.7. The van der Waals surface area contributed by atoms with Crippen LogP contribution in [-0.2, 0) is 48.7 Å². The molecule has 0 saturated carbocycles. The van der Waals surface area contributed by atoms with Gasteiger partial charge in [0.1, 0.15) is 44.4 Å². The molecule has 6 aromatic carbocycles. The van der Waals surface area contributed by atoms with Crippen molar-refractivity contribution in [3.63, 3.8) is 0 Å². The Hall–Kier alpha value is -5.08. The second-order valence-corrected chi connectivity index (χ2v) is 34.2. The fourth-order valence-electron chi connectivity index (χ4n) is 11.0. The van der Waals surface area contributed by atoms with Gasteiger partial charge in [0.2, 0.25) is 0 Å². The Labute approximate surface area is 470 Å². The lowest BCUT2D eigenvalue weighted by atomic mass is 9.76. The first-order chi connectivity index (χ1) is 35.5. The lowest BCUT2D eigenvalue weighted by Crippen LogP contribution is -2.24. The van der Waals surface area contributed by atoms with Crippen molar-refractivity contribution < 1.29 is 21.5 Å². The minimum atomic E-state index is -1.85. The fourth-order valence-corrected chi connectivity index (χ4v) is 14.0. The first kappa shape index (κ1) is 57.6. The van der Waals surface area contributed by atoms with Gasteiger partial charge in [-0.3, -0.25) is 0 Å². The maximum absolute atomic E-state index is 7.68. The molecule has 0 aliphatic carbocycles. The average molecular weight is 1090 g/mol. The molecule has 0 spiro atoms. The van der Waals surface area contributed by atoms with Crippen LogP contribution in [0.5, 0.6) is 11.5 Å². The maximum atomic E-state index is 7.68. The van der Waals surface area contributed by atoms with Gasteiger partial charge in [-0.15, -0.1) is 0 Å². The monoisotopic (exact) mass is 1090 g/mol. The highest BCUT2D eigenvalue weighted by atomic mass is 31.1. The van der Waals surface area contributed by atoms with E-state index in [0.29, 0.717) is 0 Å². The zero-order valence-corrected chi connectivity index (χ0v) is 54.3. The Morgan fingerprint density at radius 3 is 0.744 bits per heavy atom. The number of para-hydroxylation sites is 2. The van der Waals surface area contributed by atoms with Crippen LogP contribution in [0.3, 0.4) is 0 Å². The Bertz CT molecular complexity index is 3360. The van der Waals surface area contributed by atoms with Crippen LogP contribution >= 0.6 is 16.0 Å². The van der Waals surface area contributed by atoms with Gasteiger partial charge in [-0.1, -0.05) is 229 Å². The van der Waals surface area contributed by atoms with Crippen molar-refractivity contribution in [1.82, 2.24) is 0 Å². The number of rotatable bonds is 2. The summed E-state index contributed by atoms with van der Waals surface area (Å²) < 4.78 is 38.4. The Kier molecular flexibility index (Phi) is 13.6. The van der Waals surface area contributed by atoms with Gasteiger partial charge < -0.3 is 21.5 Å². The topological polar surface area (TPSA) is 61.8 Å². The molecule has 0 unspecified atom stereocenters. The van der Waals surface area contributed by atoms with Gasteiger partial charge in [0.15, 0.2) is 0 Å². The summed E-state index contributed by atoms with van der Waals surface area (Å²) in [6.45, 7) is 59.9. The summed E-state index contributed by atoms with van der Waals surface area (Å²) in [5, 5.41) is 6.05. The largest absolute Gasteiger partial charge is 0.454 e. The highest BCUT2D eigenvalue weighted by Gasteiger charge is 2.40. The molecular formula is C71H92O5P2.